The molecule has 0 radical (unpaired) electrons. The molecule has 2 aromatic rings. The van der Waals surface area contributed by atoms with Gasteiger partial charge in [-0.05, 0) is 25.3 Å². The molecule has 0 bridgehead atoms. The molecule has 1 aromatic carbocycles. The van der Waals surface area contributed by atoms with E-state index in [1.807, 2.05) is 41.9 Å². The molecule has 27 heavy (non-hydrogen) atoms. The third kappa shape index (κ3) is 3.64. The molecule has 1 unspecified atom stereocenters. The predicted molar refractivity (Wildman–Crippen MR) is 103 cm³/mol. The van der Waals surface area contributed by atoms with Crippen LogP contribution in [0.25, 0.3) is 0 Å². The smallest absolute Gasteiger partial charge is 0.272 e. The standard InChI is InChI=1S/C21H28N4O2/c1-15(16-6-3-2-4-7-16)22-21(27)20-18-14-24(17-8-5-9-17)11-10-19(18)25(23-20)12-13-26/h2-4,6-7,15,17,26H,5,8-14H2,1H3,(H,22,27). The number of nitrogens with zero attached hydrogens (tertiary/aromatic N) is 3. The van der Waals surface area contributed by atoms with Gasteiger partial charge >= 0.3 is 0 Å². The van der Waals surface area contributed by atoms with Crippen molar-refractivity contribution in [3.05, 3.63) is 52.8 Å². The molecule has 6 nitrogen and oxygen atoms in total. The summed E-state index contributed by atoms with van der Waals surface area (Å²) in [6.07, 6.45) is 4.71. The van der Waals surface area contributed by atoms with Gasteiger partial charge in [-0.2, -0.15) is 5.10 Å². The highest BCUT2D eigenvalue weighted by Crippen LogP contribution is 2.31. The van der Waals surface area contributed by atoms with Crippen molar-refractivity contribution in [2.24, 2.45) is 0 Å². The van der Waals surface area contributed by atoms with Crippen LogP contribution in [0, 0.1) is 0 Å². The van der Waals surface area contributed by atoms with E-state index in [1.54, 1.807) is 0 Å². The lowest BCUT2D eigenvalue weighted by Crippen LogP contribution is -2.43. The van der Waals surface area contributed by atoms with Crippen LogP contribution in [0.15, 0.2) is 30.3 Å². The summed E-state index contributed by atoms with van der Waals surface area (Å²) >= 11 is 0. The quantitative estimate of drug-likeness (QED) is 0.821. The molecule has 2 heterocycles. The van der Waals surface area contributed by atoms with Crippen molar-refractivity contribution in [3.63, 3.8) is 0 Å². The highest BCUT2D eigenvalue weighted by atomic mass is 16.3. The molecule has 1 saturated carbocycles. The number of aliphatic hydroxyl groups is 1. The summed E-state index contributed by atoms with van der Waals surface area (Å²) in [4.78, 5) is 15.5. The molecule has 0 saturated heterocycles. The van der Waals surface area contributed by atoms with Gasteiger partial charge in [0.1, 0.15) is 0 Å². The minimum Gasteiger partial charge on any atom is -0.394 e. The molecule has 4 rings (SSSR count). The average Bonchev–Trinajstić information content (AvgIpc) is 2.99. The number of aliphatic hydroxyl groups excluding tert-OH is 1. The Labute approximate surface area is 160 Å². The Hall–Kier alpha value is -2.18. The molecule has 2 N–H and O–H groups in total. The first-order chi connectivity index (χ1) is 13.2. The van der Waals surface area contributed by atoms with Gasteiger partial charge < -0.3 is 10.4 Å². The lowest BCUT2D eigenvalue weighted by atomic mass is 9.89. The van der Waals surface area contributed by atoms with E-state index in [4.69, 9.17) is 0 Å². The molecule has 1 aliphatic heterocycles. The first-order valence-corrected chi connectivity index (χ1v) is 9.96. The summed E-state index contributed by atoms with van der Waals surface area (Å²) < 4.78 is 1.83. The van der Waals surface area contributed by atoms with Crippen LogP contribution < -0.4 is 5.32 Å². The van der Waals surface area contributed by atoms with Gasteiger partial charge in [-0.25, -0.2) is 0 Å². The third-order valence-corrected chi connectivity index (χ3v) is 5.93. The van der Waals surface area contributed by atoms with Gasteiger partial charge in [0.2, 0.25) is 0 Å². The molecule has 2 aliphatic rings. The summed E-state index contributed by atoms with van der Waals surface area (Å²) in [6, 6.07) is 10.5. The number of benzene rings is 1. The van der Waals surface area contributed by atoms with Crippen molar-refractivity contribution >= 4 is 5.91 Å². The van der Waals surface area contributed by atoms with Crippen LogP contribution >= 0.6 is 0 Å². The SMILES string of the molecule is CC(NC(=O)c1nn(CCO)c2c1CN(C1CCC1)CC2)c1ccccc1. The van der Waals surface area contributed by atoms with Crippen LogP contribution in [0.1, 0.15) is 59.5 Å². The van der Waals surface area contributed by atoms with Gasteiger partial charge in [-0.3, -0.25) is 14.4 Å². The van der Waals surface area contributed by atoms with Crippen LogP contribution in [0.3, 0.4) is 0 Å². The Bertz CT molecular complexity index is 798. The van der Waals surface area contributed by atoms with E-state index in [0.717, 1.165) is 36.3 Å². The Balaban J connectivity index is 1.57. The number of carbonyl (C=O) groups is 1. The number of rotatable bonds is 6. The van der Waals surface area contributed by atoms with E-state index in [2.05, 4.69) is 15.3 Å². The Kier molecular flexibility index (Phi) is 5.27. The average molecular weight is 368 g/mol. The van der Waals surface area contributed by atoms with Gasteiger partial charge in [0, 0.05) is 36.8 Å². The predicted octanol–water partition coefficient (Wildman–Crippen LogP) is 2.28. The van der Waals surface area contributed by atoms with Crippen molar-refractivity contribution in [1.29, 1.82) is 0 Å². The second kappa shape index (κ2) is 7.82. The molecule has 1 aromatic heterocycles. The monoisotopic (exact) mass is 368 g/mol. The molecule has 1 aliphatic carbocycles. The topological polar surface area (TPSA) is 70.4 Å². The molecular formula is C21H28N4O2. The van der Waals surface area contributed by atoms with Crippen molar-refractivity contribution in [1.82, 2.24) is 20.0 Å². The van der Waals surface area contributed by atoms with Crippen LogP contribution in [0.2, 0.25) is 0 Å². The van der Waals surface area contributed by atoms with E-state index in [9.17, 15) is 9.90 Å². The summed E-state index contributed by atoms with van der Waals surface area (Å²) in [5.74, 6) is -0.130. The molecule has 0 spiro atoms. The van der Waals surface area contributed by atoms with Crippen LogP contribution in [0.5, 0.6) is 0 Å². The summed E-state index contributed by atoms with van der Waals surface area (Å²) in [5, 5.41) is 17.1. The minimum atomic E-state index is -0.130. The number of aromatic nitrogens is 2. The maximum atomic E-state index is 13.0. The van der Waals surface area contributed by atoms with Crippen LogP contribution in [0.4, 0.5) is 0 Å². The van der Waals surface area contributed by atoms with Crippen molar-refractivity contribution < 1.29 is 9.90 Å². The van der Waals surface area contributed by atoms with E-state index in [-0.39, 0.29) is 18.6 Å². The zero-order valence-electron chi connectivity index (χ0n) is 15.9. The van der Waals surface area contributed by atoms with Gasteiger partial charge in [0.25, 0.3) is 5.91 Å². The van der Waals surface area contributed by atoms with E-state index < -0.39 is 0 Å². The molecular weight excluding hydrogens is 340 g/mol. The minimum absolute atomic E-state index is 0.0297. The summed E-state index contributed by atoms with van der Waals surface area (Å²) in [6.45, 7) is 4.25. The molecule has 6 heteroatoms. The second-order valence-corrected chi connectivity index (χ2v) is 7.63. The largest absolute Gasteiger partial charge is 0.394 e. The fourth-order valence-electron chi connectivity index (χ4n) is 4.13. The first-order valence-electron chi connectivity index (χ1n) is 9.96. The maximum Gasteiger partial charge on any atom is 0.272 e. The van der Waals surface area contributed by atoms with E-state index in [1.165, 1.54) is 19.3 Å². The fraction of sp³-hybridized carbons (Fsp3) is 0.524. The number of amides is 1. The van der Waals surface area contributed by atoms with Gasteiger partial charge in [-0.15, -0.1) is 0 Å². The van der Waals surface area contributed by atoms with Crippen LogP contribution in [-0.4, -0.2) is 44.9 Å². The zero-order chi connectivity index (χ0) is 18.8. The highest BCUT2D eigenvalue weighted by Gasteiger charge is 2.33. The first kappa shape index (κ1) is 18.2. The maximum absolute atomic E-state index is 13.0. The van der Waals surface area contributed by atoms with E-state index in [0.29, 0.717) is 18.3 Å². The molecule has 1 amide bonds. The van der Waals surface area contributed by atoms with Crippen LogP contribution in [-0.2, 0) is 19.5 Å². The van der Waals surface area contributed by atoms with Gasteiger partial charge in [-0.1, -0.05) is 36.8 Å². The Morgan fingerprint density at radius 2 is 2.11 bits per heavy atom. The number of hydrogen-bond acceptors (Lipinski definition) is 4. The number of fused-ring (bicyclic) bond motifs is 1. The molecule has 1 atom stereocenters. The lowest BCUT2D eigenvalue weighted by molar-refractivity contribution is 0.0923. The van der Waals surface area contributed by atoms with E-state index >= 15 is 0 Å². The van der Waals surface area contributed by atoms with Crippen molar-refractivity contribution in [2.75, 3.05) is 13.2 Å². The zero-order valence-corrected chi connectivity index (χ0v) is 15.9. The van der Waals surface area contributed by atoms with Gasteiger partial charge in [0.15, 0.2) is 5.69 Å². The normalized spacial score (nSPS) is 18.6. The fourth-order valence-corrected chi connectivity index (χ4v) is 4.13. The van der Waals surface area contributed by atoms with Gasteiger partial charge in [0.05, 0.1) is 19.2 Å². The highest BCUT2D eigenvalue weighted by molar-refractivity contribution is 5.94. The Morgan fingerprint density at radius 1 is 1.33 bits per heavy atom. The Morgan fingerprint density at radius 3 is 2.78 bits per heavy atom. The third-order valence-electron chi connectivity index (χ3n) is 5.93. The number of nitrogens with one attached hydrogen (secondary N) is 1. The number of carbonyl (C=O) groups excluding carboxylic acids is 1. The molecule has 1 fully saturated rings. The van der Waals surface area contributed by atoms with Crippen molar-refractivity contribution in [3.8, 4) is 0 Å². The summed E-state index contributed by atoms with van der Waals surface area (Å²) in [5.41, 5.74) is 3.74. The lowest BCUT2D eigenvalue weighted by Gasteiger charge is -2.39. The summed E-state index contributed by atoms with van der Waals surface area (Å²) in [7, 11) is 0. The molecule has 144 valence electrons. The van der Waals surface area contributed by atoms with Crippen molar-refractivity contribution in [2.45, 2.75) is 57.8 Å². The number of hydrogen-bond donors (Lipinski definition) is 2. The second-order valence-electron chi connectivity index (χ2n) is 7.63.